The van der Waals surface area contributed by atoms with Crippen molar-refractivity contribution in [3.63, 3.8) is 0 Å². The number of halogens is 1. The van der Waals surface area contributed by atoms with Crippen molar-refractivity contribution in [2.45, 2.75) is 6.04 Å². The van der Waals surface area contributed by atoms with Gasteiger partial charge in [0, 0.05) is 10.6 Å². The van der Waals surface area contributed by atoms with Gasteiger partial charge in [-0.15, -0.1) is 0 Å². The van der Waals surface area contributed by atoms with E-state index in [2.05, 4.69) is 10.1 Å². The highest BCUT2D eigenvalue weighted by atomic mass is 35.5. The van der Waals surface area contributed by atoms with E-state index < -0.39 is 18.1 Å². The second-order valence-corrected chi connectivity index (χ2v) is 3.34. The van der Waals surface area contributed by atoms with E-state index in [-0.39, 0.29) is 5.02 Å². The van der Waals surface area contributed by atoms with Crippen molar-refractivity contribution >= 4 is 23.7 Å². The first-order valence-electron chi connectivity index (χ1n) is 4.38. The summed E-state index contributed by atoms with van der Waals surface area (Å²) in [5, 5.41) is 11.4. The van der Waals surface area contributed by atoms with Crippen LogP contribution in [0.2, 0.25) is 5.02 Å². The summed E-state index contributed by atoms with van der Waals surface area (Å²) in [7, 11) is 1.15. The highest BCUT2D eigenvalue weighted by molar-refractivity contribution is 6.31. The van der Waals surface area contributed by atoms with Crippen molar-refractivity contribution in [3.8, 4) is 0 Å². The predicted octanol–water partition coefficient (Wildman–Crippen LogP) is 1.82. The van der Waals surface area contributed by atoms with Crippen LogP contribution in [0.5, 0.6) is 0 Å². The summed E-state index contributed by atoms with van der Waals surface area (Å²) < 4.78 is 4.34. The third-order valence-electron chi connectivity index (χ3n) is 1.91. The molecule has 1 rings (SSSR count). The van der Waals surface area contributed by atoms with E-state index in [9.17, 15) is 9.59 Å². The smallest absolute Gasteiger partial charge is 0.407 e. The zero-order valence-corrected chi connectivity index (χ0v) is 9.19. The van der Waals surface area contributed by atoms with Crippen molar-refractivity contribution in [3.05, 3.63) is 34.9 Å². The molecule has 0 unspecified atom stereocenters. The van der Waals surface area contributed by atoms with Gasteiger partial charge in [-0.1, -0.05) is 29.8 Å². The van der Waals surface area contributed by atoms with Crippen LogP contribution in [0.4, 0.5) is 4.79 Å². The highest BCUT2D eigenvalue weighted by Crippen LogP contribution is 2.22. The molecular weight excluding hydrogens is 234 g/mol. The Morgan fingerprint density at radius 2 is 2.06 bits per heavy atom. The Morgan fingerprint density at radius 3 is 2.56 bits per heavy atom. The van der Waals surface area contributed by atoms with Gasteiger partial charge < -0.3 is 15.2 Å². The van der Waals surface area contributed by atoms with Crippen molar-refractivity contribution < 1.29 is 19.4 Å². The number of ether oxygens (including phenoxy) is 1. The maximum atomic E-state index is 11.0. The van der Waals surface area contributed by atoms with Gasteiger partial charge in [0.25, 0.3) is 0 Å². The molecule has 86 valence electrons. The fourth-order valence-electron chi connectivity index (χ4n) is 1.16. The molecule has 1 atom stereocenters. The van der Waals surface area contributed by atoms with E-state index >= 15 is 0 Å². The lowest BCUT2D eigenvalue weighted by Crippen LogP contribution is -2.33. The minimum atomic E-state index is -1.22. The molecule has 16 heavy (non-hydrogen) atoms. The SMILES string of the molecule is COC(=O)N[C@@H](C(=O)O)c1ccccc1Cl. The van der Waals surface area contributed by atoms with Gasteiger partial charge in [0.15, 0.2) is 6.04 Å². The van der Waals surface area contributed by atoms with Crippen molar-refractivity contribution in [2.75, 3.05) is 7.11 Å². The molecule has 1 amide bonds. The number of hydrogen-bond donors (Lipinski definition) is 2. The van der Waals surface area contributed by atoms with E-state index in [0.717, 1.165) is 7.11 Å². The lowest BCUT2D eigenvalue weighted by Gasteiger charge is -2.14. The van der Waals surface area contributed by atoms with E-state index in [1.165, 1.54) is 6.07 Å². The minimum Gasteiger partial charge on any atom is -0.479 e. The highest BCUT2D eigenvalue weighted by Gasteiger charge is 2.24. The molecular formula is C10H10ClNO4. The Morgan fingerprint density at radius 1 is 1.44 bits per heavy atom. The van der Waals surface area contributed by atoms with Gasteiger partial charge in [-0.3, -0.25) is 0 Å². The number of carbonyl (C=O) groups excluding carboxylic acids is 1. The molecule has 0 saturated carbocycles. The molecule has 0 bridgehead atoms. The molecule has 1 aromatic rings. The maximum Gasteiger partial charge on any atom is 0.407 e. The molecule has 0 heterocycles. The van der Waals surface area contributed by atoms with Gasteiger partial charge in [0.05, 0.1) is 7.11 Å². The summed E-state index contributed by atoms with van der Waals surface area (Å²) >= 11 is 5.83. The fraction of sp³-hybridized carbons (Fsp3) is 0.200. The summed E-state index contributed by atoms with van der Waals surface area (Å²) in [6, 6.07) is 5.16. The molecule has 0 saturated heterocycles. The van der Waals surface area contributed by atoms with E-state index in [0.29, 0.717) is 5.56 Å². The number of benzene rings is 1. The molecule has 0 aliphatic heterocycles. The fourth-order valence-corrected chi connectivity index (χ4v) is 1.40. The number of carboxylic acids is 1. The second-order valence-electron chi connectivity index (χ2n) is 2.93. The number of amides is 1. The first-order chi connectivity index (χ1) is 7.56. The molecule has 0 aliphatic carbocycles. The van der Waals surface area contributed by atoms with Crippen LogP contribution in [0.25, 0.3) is 0 Å². The van der Waals surface area contributed by atoms with Crippen LogP contribution in [0.15, 0.2) is 24.3 Å². The Bertz CT molecular complexity index is 408. The van der Waals surface area contributed by atoms with Crippen LogP contribution < -0.4 is 5.32 Å². The molecule has 2 N–H and O–H groups in total. The van der Waals surface area contributed by atoms with E-state index in [1.54, 1.807) is 18.2 Å². The Labute approximate surface area is 97.0 Å². The number of aliphatic carboxylic acids is 1. The molecule has 6 heteroatoms. The van der Waals surface area contributed by atoms with Gasteiger partial charge in [-0.2, -0.15) is 0 Å². The number of rotatable bonds is 3. The van der Waals surface area contributed by atoms with Crippen LogP contribution in [0.1, 0.15) is 11.6 Å². The topological polar surface area (TPSA) is 75.6 Å². The number of carboxylic acid groups (broad SMARTS) is 1. The monoisotopic (exact) mass is 243 g/mol. The van der Waals surface area contributed by atoms with Crippen LogP contribution >= 0.6 is 11.6 Å². The number of hydrogen-bond acceptors (Lipinski definition) is 3. The largest absolute Gasteiger partial charge is 0.479 e. The molecule has 1 aromatic carbocycles. The number of alkyl carbamates (subject to hydrolysis) is 1. The molecule has 0 aromatic heterocycles. The number of carbonyl (C=O) groups is 2. The molecule has 0 aliphatic rings. The molecule has 0 fully saturated rings. The van der Waals surface area contributed by atoms with Gasteiger partial charge in [0.2, 0.25) is 0 Å². The van der Waals surface area contributed by atoms with Gasteiger partial charge in [-0.05, 0) is 6.07 Å². The lowest BCUT2D eigenvalue weighted by atomic mass is 10.1. The van der Waals surface area contributed by atoms with Crippen LogP contribution in [-0.4, -0.2) is 24.3 Å². The van der Waals surface area contributed by atoms with Crippen molar-refractivity contribution in [1.82, 2.24) is 5.32 Å². The van der Waals surface area contributed by atoms with Gasteiger partial charge >= 0.3 is 12.1 Å². The predicted molar refractivity (Wildman–Crippen MR) is 57.4 cm³/mol. The average molecular weight is 244 g/mol. The molecule has 0 radical (unpaired) electrons. The third kappa shape index (κ3) is 2.87. The van der Waals surface area contributed by atoms with Crippen molar-refractivity contribution in [1.29, 1.82) is 0 Å². The summed E-state index contributed by atoms with van der Waals surface area (Å²) in [4.78, 5) is 21.9. The summed E-state index contributed by atoms with van der Waals surface area (Å²) in [6.45, 7) is 0. The normalized spacial score (nSPS) is 11.6. The van der Waals surface area contributed by atoms with Gasteiger partial charge in [-0.25, -0.2) is 9.59 Å². The zero-order valence-electron chi connectivity index (χ0n) is 8.44. The Balaban J connectivity index is 2.99. The minimum absolute atomic E-state index is 0.270. The molecule has 0 spiro atoms. The first-order valence-corrected chi connectivity index (χ1v) is 4.75. The van der Waals surface area contributed by atoms with Crippen LogP contribution in [0.3, 0.4) is 0 Å². The Hall–Kier alpha value is -1.75. The lowest BCUT2D eigenvalue weighted by molar-refractivity contribution is -0.139. The van der Waals surface area contributed by atoms with Gasteiger partial charge in [0.1, 0.15) is 0 Å². The summed E-state index contributed by atoms with van der Waals surface area (Å²) in [6.07, 6.45) is -0.827. The quantitative estimate of drug-likeness (QED) is 0.849. The van der Waals surface area contributed by atoms with Crippen molar-refractivity contribution in [2.24, 2.45) is 0 Å². The second kappa shape index (κ2) is 5.37. The first kappa shape index (κ1) is 12.3. The summed E-state index contributed by atoms with van der Waals surface area (Å²) in [5.41, 5.74) is 0.307. The summed E-state index contributed by atoms with van der Waals surface area (Å²) in [5.74, 6) is -1.21. The molecule has 5 nitrogen and oxygen atoms in total. The van der Waals surface area contributed by atoms with E-state index in [4.69, 9.17) is 16.7 Å². The maximum absolute atomic E-state index is 11.0. The number of methoxy groups -OCH3 is 1. The Kier molecular flexibility index (Phi) is 4.13. The standard InChI is InChI=1S/C10H10ClNO4/c1-16-10(15)12-8(9(13)14)6-4-2-3-5-7(6)11/h2-5,8H,1H3,(H,12,15)(H,13,14)/t8-/m1/s1. The van der Waals surface area contributed by atoms with E-state index in [1.807, 2.05) is 0 Å². The third-order valence-corrected chi connectivity index (χ3v) is 2.25. The van der Waals surface area contributed by atoms with Crippen LogP contribution in [0, 0.1) is 0 Å². The van der Waals surface area contributed by atoms with Crippen LogP contribution in [-0.2, 0) is 9.53 Å². The zero-order chi connectivity index (χ0) is 12.1. The number of nitrogens with one attached hydrogen (secondary N) is 1. The average Bonchev–Trinajstić information content (AvgIpc) is 2.26.